The predicted octanol–water partition coefficient (Wildman–Crippen LogP) is 0.890. The number of rotatable bonds is 7. The standard InChI is InChI=1S/C19H27N3O4/c1-21(2)10-11-22-13-16(8-9-17(22)23)18(24)20-12-14-4-6-15(7-5-14)19(25)26-3/h4-7,16H,8-13H2,1-3H3,(H,20,24)/t16-/m1/s1. The monoisotopic (exact) mass is 361 g/mol. The third-order valence-corrected chi connectivity index (χ3v) is 4.53. The van der Waals surface area contributed by atoms with Gasteiger partial charge in [0.25, 0.3) is 0 Å². The van der Waals surface area contributed by atoms with Crippen molar-refractivity contribution in [2.24, 2.45) is 5.92 Å². The summed E-state index contributed by atoms with van der Waals surface area (Å²) in [7, 11) is 5.27. The predicted molar refractivity (Wildman–Crippen MR) is 97.5 cm³/mol. The molecule has 7 nitrogen and oxygen atoms in total. The lowest BCUT2D eigenvalue weighted by Crippen LogP contribution is -2.47. The molecule has 7 heteroatoms. The Labute approximate surface area is 154 Å². The van der Waals surface area contributed by atoms with Crippen LogP contribution >= 0.6 is 0 Å². The number of methoxy groups -OCH3 is 1. The Balaban J connectivity index is 1.85. The van der Waals surface area contributed by atoms with Crippen LogP contribution in [0, 0.1) is 5.92 Å². The highest BCUT2D eigenvalue weighted by Gasteiger charge is 2.29. The fraction of sp³-hybridized carbons (Fsp3) is 0.526. The van der Waals surface area contributed by atoms with Gasteiger partial charge in [-0.05, 0) is 38.2 Å². The molecule has 1 aliphatic rings. The highest BCUT2D eigenvalue weighted by molar-refractivity contribution is 5.89. The molecule has 0 aromatic heterocycles. The van der Waals surface area contributed by atoms with E-state index in [1.807, 2.05) is 19.0 Å². The van der Waals surface area contributed by atoms with E-state index in [0.717, 1.165) is 12.1 Å². The summed E-state index contributed by atoms with van der Waals surface area (Å²) in [5, 5.41) is 2.93. The lowest BCUT2D eigenvalue weighted by Gasteiger charge is -2.32. The quantitative estimate of drug-likeness (QED) is 0.730. The molecule has 142 valence electrons. The normalized spacial score (nSPS) is 17.3. The van der Waals surface area contributed by atoms with Crippen LogP contribution in [0.1, 0.15) is 28.8 Å². The van der Waals surface area contributed by atoms with Crippen molar-refractivity contribution in [1.82, 2.24) is 15.1 Å². The molecule has 1 aromatic rings. The molecule has 0 spiro atoms. The van der Waals surface area contributed by atoms with Gasteiger partial charge in [0.2, 0.25) is 11.8 Å². The third kappa shape index (κ3) is 5.56. The molecule has 2 rings (SSSR count). The first-order valence-corrected chi connectivity index (χ1v) is 8.78. The maximum absolute atomic E-state index is 12.4. The molecule has 1 heterocycles. The Morgan fingerprint density at radius 3 is 2.58 bits per heavy atom. The second kappa shape index (κ2) is 9.33. The van der Waals surface area contributed by atoms with E-state index >= 15 is 0 Å². The van der Waals surface area contributed by atoms with Crippen molar-refractivity contribution in [2.75, 3.05) is 40.8 Å². The second-order valence-electron chi connectivity index (χ2n) is 6.78. The average Bonchev–Trinajstić information content (AvgIpc) is 2.65. The van der Waals surface area contributed by atoms with Gasteiger partial charge in [-0.1, -0.05) is 12.1 Å². The number of esters is 1. The molecule has 1 aromatic carbocycles. The molecule has 1 atom stereocenters. The van der Waals surface area contributed by atoms with Crippen molar-refractivity contribution in [1.29, 1.82) is 0 Å². The molecule has 1 saturated heterocycles. The summed E-state index contributed by atoms with van der Waals surface area (Å²) in [6.45, 7) is 2.29. The lowest BCUT2D eigenvalue weighted by molar-refractivity contribution is -0.138. The number of amides is 2. The zero-order valence-corrected chi connectivity index (χ0v) is 15.7. The Hall–Kier alpha value is -2.41. The number of benzene rings is 1. The van der Waals surface area contributed by atoms with Crippen LogP contribution in [0.25, 0.3) is 0 Å². The molecule has 0 unspecified atom stereocenters. The summed E-state index contributed by atoms with van der Waals surface area (Å²) in [4.78, 5) is 39.7. The van der Waals surface area contributed by atoms with E-state index in [1.54, 1.807) is 29.2 Å². The van der Waals surface area contributed by atoms with E-state index in [1.165, 1.54) is 7.11 Å². The van der Waals surface area contributed by atoms with Gasteiger partial charge in [0.05, 0.1) is 18.6 Å². The zero-order chi connectivity index (χ0) is 19.1. The minimum absolute atomic E-state index is 0.0376. The zero-order valence-electron chi connectivity index (χ0n) is 15.7. The van der Waals surface area contributed by atoms with E-state index in [0.29, 0.717) is 38.0 Å². The number of nitrogens with one attached hydrogen (secondary N) is 1. The fourth-order valence-corrected chi connectivity index (χ4v) is 2.88. The first kappa shape index (κ1) is 19.9. The molecule has 2 amide bonds. The van der Waals surface area contributed by atoms with Gasteiger partial charge >= 0.3 is 5.97 Å². The van der Waals surface area contributed by atoms with Crippen LogP contribution in [0.15, 0.2) is 24.3 Å². The summed E-state index contributed by atoms with van der Waals surface area (Å²) < 4.78 is 4.66. The van der Waals surface area contributed by atoms with Gasteiger partial charge < -0.3 is 19.9 Å². The first-order chi connectivity index (χ1) is 12.4. The number of piperidine rings is 1. The fourth-order valence-electron chi connectivity index (χ4n) is 2.88. The molecule has 0 bridgehead atoms. The van der Waals surface area contributed by atoms with E-state index in [4.69, 9.17) is 0 Å². The molecular weight excluding hydrogens is 334 g/mol. The van der Waals surface area contributed by atoms with Crippen molar-refractivity contribution in [3.63, 3.8) is 0 Å². The minimum Gasteiger partial charge on any atom is -0.465 e. The molecule has 1 fully saturated rings. The van der Waals surface area contributed by atoms with Gasteiger partial charge in [-0.2, -0.15) is 0 Å². The van der Waals surface area contributed by atoms with Crippen LogP contribution in [0.5, 0.6) is 0 Å². The van der Waals surface area contributed by atoms with Gasteiger partial charge in [0.1, 0.15) is 0 Å². The molecule has 1 aliphatic heterocycles. The van der Waals surface area contributed by atoms with E-state index < -0.39 is 0 Å². The van der Waals surface area contributed by atoms with Crippen molar-refractivity contribution in [3.8, 4) is 0 Å². The number of ether oxygens (including phenoxy) is 1. The highest BCUT2D eigenvalue weighted by atomic mass is 16.5. The van der Waals surface area contributed by atoms with Gasteiger partial charge in [-0.25, -0.2) is 4.79 Å². The van der Waals surface area contributed by atoms with E-state index in [9.17, 15) is 14.4 Å². The number of likely N-dealkylation sites (tertiary alicyclic amines) is 1. The number of hydrogen-bond donors (Lipinski definition) is 1. The maximum atomic E-state index is 12.4. The highest BCUT2D eigenvalue weighted by Crippen LogP contribution is 2.18. The Morgan fingerprint density at radius 1 is 1.27 bits per heavy atom. The number of nitrogens with zero attached hydrogens (tertiary/aromatic N) is 2. The summed E-state index contributed by atoms with van der Waals surface area (Å²) in [6, 6.07) is 6.94. The number of carbonyl (C=O) groups excluding carboxylic acids is 3. The number of likely N-dealkylation sites (N-methyl/N-ethyl adjacent to an activating group) is 1. The summed E-state index contributed by atoms with van der Waals surface area (Å²) in [5.74, 6) is -0.479. The Kier molecular flexibility index (Phi) is 7.15. The minimum atomic E-state index is -0.384. The maximum Gasteiger partial charge on any atom is 0.337 e. The molecule has 1 N–H and O–H groups in total. The largest absolute Gasteiger partial charge is 0.465 e. The molecular formula is C19H27N3O4. The Bertz CT molecular complexity index is 643. The van der Waals surface area contributed by atoms with Crippen LogP contribution < -0.4 is 5.32 Å². The summed E-state index contributed by atoms with van der Waals surface area (Å²) in [5.41, 5.74) is 1.38. The average molecular weight is 361 g/mol. The third-order valence-electron chi connectivity index (χ3n) is 4.53. The van der Waals surface area contributed by atoms with Crippen LogP contribution in [0.4, 0.5) is 0 Å². The summed E-state index contributed by atoms with van der Waals surface area (Å²) >= 11 is 0. The number of carbonyl (C=O) groups is 3. The Morgan fingerprint density at radius 2 is 1.96 bits per heavy atom. The van der Waals surface area contributed by atoms with Gasteiger partial charge in [0.15, 0.2) is 0 Å². The summed E-state index contributed by atoms with van der Waals surface area (Å²) in [6.07, 6.45) is 1.00. The first-order valence-electron chi connectivity index (χ1n) is 8.78. The van der Waals surface area contributed by atoms with Crippen LogP contribution in [0.3, 0.4) is 0 Å². The lowest BCUT2D eigenvalue weighted by atomic mass is 9.96. The molecule has 0 aliphatic carbocycles. The van der Waals surface area contributed by atoms with E-state index in [2.05, 4.69) is 10.1 Å². The van der Waals surface area contributed by atoms with Crippen molar-refractivity contribution < 1.29 is 19.1 Å². The van der Waals surface area contributed by atoms with Crippen molar-refractivity contribution in [3.05, 3.63) is 35.4 Å². The topological polar surface area (TPSA) is 78.9 Å². The van der Waals surface area contributed by atoms with Crippen LogP contribution in [0.2, 0.25) is 0 Å². The van der Waals surface area contributed by atoms with Gasteiger partial charge in [-0.15, -0.1) is 0 Å². The van der Waals surface area contributed by atoms with Crippen LogP contribution in [-0.2, 0) is 20.9 Å². The van der Waals surface area contributed by atoms with Crippen molar-refractivity contribution >= 4 is 17.8 Å². The smallest absolute Gasteiger partial charge is 0.337 e. The van der Waals surface area contributed by atoms with E-state index in [-0.39, 0.29) is 23.7 Å². The molecule has 26 heavy (non-hydrogen) atoms. The van der Waals surface area contributed by atoms with Crippen molar-refractivity contribution in [2.45, 2.75) is 19.4 Å². The number of hydrogen-bond acceptors (Lipinski definition) is 5. The van der Waals surface area contributed by atoms with Gasteiger partial charge in [0, 0.05) is 32.6 Å². The SMILES string of the molecule is COC(=O)c1ccc(CNC(=O)[C@@H]2CCC(=O)N(CCN(C)C)C2)cc1. The second-order valence-corrected chi connectivity index (χ2v) is 6.78. The van der Waals surface area contributed by atoms with Gasteiger partial charge in [-0.3, -0.25) is 9.59 Å². The van der Waals surface area contributed by atoms with Crippen LogP contribution in [-0.4, -0.2) is 68.4 Å². The molecule has 0 radical (unpaired) electrons. The molecule has 0 saturated carbocycles.